The van der Waals surface area contributed by atoms with Crippen molar-refractivity contribution in [1.29, 1.82) is 0 Å². The van der Waals surface area contributed by atoms with E-state index in [1.54, 1.807) is 17.1 Å². The van der Waals surface area contributed by atoms with E-state index in [4.69, 9.17) is 4.42 Å². The standard InChI is InChI=1S/C22H16N6O/c1-2-8-17-15(5-1)6-3-7-16(17)10-11-27-13-18-20(25-27)23-14-28-22(18)24-21(26-28)19-9-4-12-29-19/h1-9,12-14H,10-11H2. The Morgan fingerprint density at radius 2 is 1.83 bits per heavy atom. The Kier molecular flexibility index (Phi) is 3.46. The Morgan fingerprint density at radius 1 is 0.897 bits per heavy atom. The highest BCUT2D eigenvalue weighted by Crippen LogP contribution is 2.22. The molecule has 0 saturated heterocycles. The molecule has 0 unspecified atom stereocenters. The molecule has 0 amide bonds. The van der Waals surface area contributed by atoms with Crippen LogP contribution in [-0.4, -0.2) is 29.4 Å². The van der Waals surface area contributed by atoms with E-state index in [0.29, 0.717) is 17.2 Å². The van der Waals surface area contributed by atoms with Gasteiger partial charge in [0, 0.05) is 12.7 Å². The fourth-order valence-corrected chi connectivity index (χ4v) is 3.73. The van der Waals surface area contributed by atoms with Crippen molar-refractivity contribution in [2.75, 3.05) is 0 Å². The summed E-state index contributed by atoms with van der Waals surface area (Å²) < 4.78 is 9.00. The quantitative estimate of drug-likeness (QED) is 0.460. The van der Waals surface area contributed by atoms with Crippen LogP contribution in [0.1, 0.15) is 5.56 Å². The molecule has 0 aliphatic carbocycles. The molecular formula is C22H16N6O. The molecule has 7 nitrogen and oxygen atoms in total. The minimum Gasteiger partial charge on any atom is -0.461 e. The normalized spacial score (nSPS) is 11.7. The van der Waals surface area contributed by atoms with Gasteiger partial charge in [0.15, 0.2) is 17.1 Å². The van der Waals surface area contributed by atoms with E-state index in [9.17, 15) is 0 Å². The van der Waals surface area contributed by atoms with Crippen molar-refractivity contribution in [3.8, 4) is 11.6 Å². The average Bonchev–Trinajstić information content (AvgIpc) is 3.50. The zero-order valence-electron chi connectivity index (χ0n) is 15.4. The Morgan fingerprint density at radius 3 is 2.76 bits per heavy atom. The van der Waals surface area contributed by atoms with Crippen molar-refractivity contribution in [1.82, 2.24) is 29.4 Å². The topological polar surface area (TPSA) is 74.0 Å². The second-order valence-corrected chi connectivity index (χ2v) is 6.94. The van der Waals surface area contributed by atoms with Gasteiger partial charge in [-0.1, -0.05) is 42.5 Å². The lowest BCUT2D eigenvalue weighted by molar-refractivity contribution is 0.577. The van der Waals surface area contributed by atoms with E-state index in [1.807, 2.05) is 23.0 Å². The number of benzene rings is 2. The molecule has 140 valence electrons. The van der Waals surface area contributed by atoms with Crippen molar-refractivity contribution in [3.63, 3.8) is 0 Å². The minimum atomic E-state index is 0.535. The molecule has 7 heteroatoms. The van der Waals surface area contributed by atoms with Gasteiger partial charge < -0.3 is 4.42 Å². The number of hydrogen-bond donors (Lipinski definition) is 0. The third-order valence-electron chi connectivity index (χ3n) is 5.14. The predicted octanol–water partition coefficient (Wildman–Crippen LogP) is 4.13. The van der Waals surface area contributed by atoms with Crippen LogP contribution in [0.4, 0.5) is 0 Å². The number of furan rings is 1. The average molecular weight is 380 g/mol. The molecule has 0 radical (unpaired) electrons. The fourth-order valence-electron chi connectivity index (χ4n) is 3.73. The lowest BCUT2D eigenvalue weighted by atomic mass is 10.0. The van der Waals surface area contributed by atoms with E-state index in [1.165, 1.54) is 16.3 Å². The van der Waals surface area contributed by atoms with Crippen LogP contribution < -0.4 is 0 Å². The Balaban J connectivity index is 1.35. The van der Waals surface area contributed by atoms with Crippen molar-refractivity contribution in [3.05, 3.63) is 78.9 Å². The Hall–Kier alpha value is -4.00. The highest BCUT2D eigenvalue weighted by molar-refractivity contribution is 5.88. The number of fused-ring (bicyclic) bond motifs is 4. The number of nitrogens with zero attached hydrogens (tertiary/aromatic N) is 6. The van der Waals surface area contributed by atoms with Crippen LogP contribution in [-0.2, 0) is 13.0 Å². The molecule has 0 saturated carbocycles. The molecule has 2 aromatic carbocycles. The van der Waals surface area contributed by atoms with Crippen molar-refractivity contribution >= 4 is 27.5 Å². The molecule has 6 aromatic rings. The van der Waals surface area contributed by atoms with Gasteiger partial charge in [0.2, 0.25) is 5.82 Å². The van der Waals surface area contributed by atoms with E-state index < -0.39 is 0 Å². The largest absolute Gasteiger partial charge is 0.461 e. The van der Waals surface area contributed by atoms with Gasteiger partial charge in [-0.2, -0.15) is 5.10 Å². The molecule has 0 bridgehead atoms. The third kappa shape index (κ3) is 2.67. The smallest absolute Gasteiger partial charge is 0.217 e. The molecule has 6 rings (SSSR count). The van der Waals surface area contributed by atoms with Crippen molar-refractivity contribution < 1.29 is 4.42 Å². The highest BCUT2D eigenvalue weighted by Gasteiger charge is 2.14. The van der Waals surface area contributed by atoms with Gasteiger partial charge in [-0.25, -0.2) is 14.5 Å². The van der Waals surface area contributed by atoms with Crippen LogP contribution in [0.3, 0.4) is 0 Å². The first-order valence-electron chi connectivity index (χ1n) is 9.44. The molecule has 29 heavy (non-hydrogen) atoms. The minimum absolute atomic E-state index is 0.535. The number of aryl methyl sites for hydroxylation is 2. The second-order valence-electron chi connectivity index (χ2n) is 6.94. The van der Waals surface area contributed by atoms with Gasteiger partial charge >= 0.3 is 0 Å². The fraction of sp³-hybridized carbons (Fsp3) is 0.0909. The molecule has 0 atom stereocenters. The van der Waals surface area contributed by atoms with Crippen LogP contribution in [0, 0.1) is 0 Å². The lowest BCUT2D eigenvalue weighted by Gasteiger charge is -2.06. The molecule has 0 aliphatic rings. The molecule has 4 heterocycles. The summed E-state index contributed by atoms with van der Waals surface area (Å²) in [5, 5.41) is 12.5. The predicted molar refractivity (Wildman–Crippen MR) is 109 cm³/mol. The van der Waals surface area contributed by atoms with Crippen LogP contribution >= 0.6 is 0 Å². The van der Waals surface area contributed by atoms with E-state index >= 15 is 0 Å². The monoisotopic (exact) mass is 380 g/mol. The zero-order valence-corrected chi connectivity index (χ0v) is 15.4. The molecule has 0 N–H and O–H groups in total. The van der Waals surface area contributed by atoms with Gasteiger partial charge in [-0.15, -0.1) is 5.10 Å². The number of aromatic nitrogens is 6. The summed E-state index contributed by atoms with van der Waals surface area (Å²) in [7, 11) is 0. The SMILES string of the molecule is c1coc(-c2nc3c4cn(CCc5cccc6ccccc56)nc4ncn3n2)c1. The molecule has 0 fully saturated rings. The Bertz CT molecular complexity index is 1460. The van der Waals surface area contributed by atoms with E-state index in [0.717, 1.165) is 24.0 Å². The van der Waals surface area contributed by atoms with Gasteiger partial charge in [-0.3, -0.25) is 4.68 Å². The van der Waals surface area contributed by atoms with Crippen molar-refractivity contribution in [2.45, 2.75) is 13.0 Å². The molecule has 0 aliphatic heterocycles. The van der Waals surface area contributed by atoms with Gasteiger partial charge in [-0.05, 0) is 34.9 Å². The first kappa shape index (κ1) is 16.0. The first-order valence-corrected chi connectivity index (χ1v) is 9.44. The summed E-state index contributed by atoms with van der Waals surface area (Å²) in [6.45, 7) is 0.760. The summed E-state index contributed by atoms with van der Waals surface area (Å²) >= 11 is 0. The number of hydrogen-bond acceptors (Lipinski definition) is 5. The second kappa shape index (κ2) is 6.27. The zero-order chi connectivity index (χ0) is 19.2. The summed E-state index contributed by atoms with van der Waals surface area (Å²) in [5.41, 5.74) is 2.69. The molecular weight excluding hydrogens is 364 g/mol. The van der Waals surface area contributed by atoms with Crippen LogP contribution in [0.15, 0.2) is 77.8 Å². The highest BCUT2D eigenvalue weighted by atomic mass is 16.3. The van der Waals surface area contributed by atoms with Crippen LogP contribution in [0.25, 0.3) is 39.0 Å². The van der Waals surface area contributed by atoms with Crippen LogP contribution in [0.5, 0.6) is 0 Å². The third-order valence-corrected chi connectivity index (χ3v) is 5.14. The lowest BCUT2D eigenvalue weighted by Crippen LogP contribution is -2.02. The molecule has 4 aromatic heterocycles. The Labute approximate surface area is 165 Å². The summed E-state index contributed by atoms with van der Waals surface area (Å²) in [6.07, 6.45) is 6.12. The maximum atomic E-state index is 5.41. The van der Waals surface area contributed by atoms with Crippen LogP contribution in [0.2, 0.25) is 0 Å². The van der Waals surface area contributed by atoms with Gasteiger partial charge in [0.05, 0.1) is 11.6 Å². The summed E-state index contributed by atoms with van der Waals surface area (Å²) in [5.74, 6) is 1.16. The summed E-state index contributed by atoms with van der Waals surface area (Å²) in [6, 6.07) is 18.5. The number of rotatable bonds is 4. The van der Waals surface area contributed by atoms with E-state index in [-0.39, 0.29) is 0 Å². The van der Waals surface area contributed by atoms with Gasteiger partial charge in [0.1, 0.15) is 6.33 Å². The maximum absolute atomic E-state index is 5.41. The van der Waals surface area contributed by atoms with Gasteiger partial charge in [0.25, 0.3) is 0 Å². The first-order chi connectivity index (χ1) is 14.3. The maximum Gasteiger partial charge on any atom is 0.217 e. The van der Waals surface area contributed by atoms with Crippen molar-refractivity contribution in [2.24, 2.45) is 0 Å². The van der Waals surface area contributed by atoms with E-state index in [2.05, 4.69) is 62.6 Å². The molecule has 0 spiro atoms. The summed E-state index contributed by atoms with van der Waals surface area (Å²) in [4.78, 5) is 9.05.